The molecule has 0 saturated carbocycles. The zero-order chi connectivity index (χ0) is 19.2. The van der Waals surface area contributed by atoms with E-state index in [0.717, 1.165) is 10.2 Å². The molecule has 3 aromatic rings. The summed E-state index contributed by atoms with van der Waals surface area (Å²) in [5.41, 5.74) is 2.19. The van der Waals surface area contributed by atoms with Gasteiger partial charge in [-0.15, -0.1) is 5.10 Å². The highest BCUT2D eigenvalue weighted by molar-refractivity contribution is 9.10. The molecule has 0 aliphatic carbocycles. The minimum Gasteiger partial charge on any atom is -0.367 e. The number of benzene rings is 1. The van der Waals surface area contributed by atoms with Crippen LogP contribution in [0.15, 0.2) is 47.1 Å². The van der Waals surface area contributed by atoms with Crippen molar-refractivity contribution in [3.05, 3.63) is 64.0 Å². The molecule has 1 amide bonds. The lowest BCUT2D eigenvalue weighted by Gasteiger charge is -2.08. The molecule has 27 heavy (non-hydrogen) atoms. The largest absolute Gasteiger partial charge is 0.367 e. The minimum atomic E-state index is -0.308. The van der Waals surface area contributed by atoms with E-state index in [1.807, 2.05) is 24.3 Å². The van der Waals surface area contributed by atoms with Crippen molar-refractivity contribution in [3.63, 3.8) is 0 Å². The number of anilines is 1. The van der Waals surface area contributed by atoms with Crippen LogP contribution in [0.25, 0.3) is 5.69 Å². The van der Waals surface area contributed by atoms with Crippen LogP contribution in [-0.2, 0) is 0 Å². The van der Waals surface area contributed by atoms with Gasteiger partial charge in [0, 0.05) is 23.8 Å². The molecule has 0 spiro atoms. The first-order valence-electron chi connectivity index (χ1n) is 8.15. The average molecular weight is 426 g/mol. The second-order valence-electron chi connectivity index (χ2n) is 5.61. The summed E-state index contributed by atoms with van der Waals surface area (Å²) in [6.07, 6.45) is 1.60. The molecular formula is C18H16BrN7O. The summed E-state index contributed by atoms with van der Waals surface area (Å²) in [6, 6.07) is 13.0. The number of nitriles is 1. The van der Waals surface area contributed by atoms with Gasteiger partial charge in [0.2, 0.25) is 0 Å². The first-order chi connectivity index (χ1) is 13.1. The molecule has 2 N–H and O–H groups in total. The third kappa shape index (κ3) is 4.30. The van der Waals surface area contributed by atoms with E-state index < -0.39 is 0 Å². The fourth-order valence-corrected chi connectivity index (χ4v) is 2.86. The van der Waals surface area contributed by atoms with Crippen molar-refractivity contribution in [3.8, 4) is 11.8 Å². The van der Waals surface area contributed by atoms with Crippen molar-refractivity contribution in [1.29, 1.82) is 5.26 Å². The predicted octanol–water partition coefficient (Wildman–Crippen LogP) is 2.45. The van der Waals surface area contributed by atoms with Crippen LogP contribution in [-0.4, -0.2) is 39.0 Å². The number of carbonyl (C=O) groups is 1. The zero-order valence-corrected chi connectivity index (χ0v) is 16.1. The minimum absolute atomic E-state index is 0.269. The molecule has 9 heteroatoms. The molecule has 0 atom stereocenters. The van der Waals surface area contributed by atoms with Crippen molar-refractivity contribution in [1.82, 2.24) is 25.3 Å². The predicted molar refractivity (Wildman–Crippen MR) is 104 cm³/mol. The standard InChI is InChI=1S/C18H16BrN7O/c1-12-16(24-25-26(12)15-6-2-5-14(19)10-15)18(27)23-9-8-22-17-13(11-20)4-3-7-21-17/h2-7,10H,8-9H2,1H3,(H,21,22)(H,23,27). The lowest BCUT2D eigenvalue weighted by Crippen LogP contribution is -2.29. The summed E-state index contributed by atoms with van der Waals surface area (Å²) in [5.74, 6) is 0.183. The van der Waals surface area contributed by atoms with E-state index in [1.54, 1.807) is 29.9 Å². The summed E-state index contributed by atoms with van der Waals surface area (Å²) in [5, 5.41) is 22.9. The molecule has 8 nitrogen and oxygen atoms in total. The maximum Gasteiger partial charge on any atom is 0.273 e. The lowest BCUT2D eigenvalue weighted by molar-refractivity contribution is 0.0949. The normalized spacial score (nSPS) is 10.3. The van der Waals surface area contributed by atoms with Gasteiger partial charge in [-0.2, -0.15) is 5.26 Å². The second-order valence-corrected chi connectivity index (χ2v) is 6.52. The lowest BCUT2D eigenvalue weighted by atomic mass is 10.3. The summed E-state index contributed by atoms with van der Waals surface area (Å²) in [7, 11) is 0. The van der Waals surface area contributed by atoms with Crippen LogP contribution < -0.4 is 10.6 Å². The molecule has 0 bridgehead atoms. The van der Waals surface area contributed by atoms with Crippen LogP contribution in [0, 0.1) is 18.3 Å². The van der Waals surface area contributed by atoms with E-state index in [4.69, 9.17) is 5.26 Å². The summed E-state index contributed by atoms with van der Waals surface area (Å²) < 4.78 is 2.53. The van der Waals surface area contributed by atoms with Gasteiger partial charge in [0.15, 0.2) is 5.69 Å². The molecule has 3 rings (SSSR count). The van der Waals surface area contributed by atoms with Gasteiger partial charge in [0.05, 0.1) is 16.9 Å². The zero-order valence-electron chi connectivity index (χ0n) is 14.5. The summed E-state index contributed by atoms with van der Waals surface area (Å²) in [6.45, 7) is 2.57. The van der Waals surface area contributed by atoms with Gasteiger partial charge < -0.3 is 10.6 Å². The fourth-order valence-electron chi connectivity index (χ4n) is 2.47. The van der Waals surface area contributed by atoms with Crippen LogP contribution in [0.1, 0.15) is 21.7 Å². The number of nitrogens with zero attached hydrogens (tertiary/aromatic N) is 5. The van der Waals surface area contributed by atoms with E-state index in [9.17, 15) is 4.79 Å². The third-order valence-corrected chi connectivity index (χ3v) is 4.29. The van der Waals surface area contributed by atoms with Crippen molar-refractivity contribution < 1.29 is 4.79 Å². The molecule has 0 radical (unpaired) electrons. The van der Waals surface area contributed by atoms with Gasteiger partial charge in [-0.3, -0.25) is 4.79 Å². The Balaban J connectivity index is 1.60. The van der Waals surface area contributed by atoms with Crippen molar-refractivity contribution in [2.75, 3.05) is 18.4 Å². The molecular weight excluding hydrogens is 410 g/mol. The van der Waals surface area contributed by atoms with Crippen LogP contribution in [0.3, 0.4) is 0 Å². The highest BCUT2D eigenvalue weighted by atomic mass is 79.9. The molecule has 136 valence electrons. The Hall–Kier alpha value is -3.25. The molecule has 1 aromatic carbocycles. The fraction of sp³-hybridized carbons (Fsp3) is 0.167. The first-order valence-corrected chi connectivity index (χ1v) is 8.95. The van der Waals surface area contributed by atoms with Crippen LogP contribution >= 0.6 is 15.9 Å². The van der Waals surface area contributed by atoms with Gasteiger partial charge >= 0.3 is 0 Å². The van der Waals surface area contributed by atoms with Crippen molar-refractivity contribution in [2.24, 2.45) is 0 Å². The van der Waals surface area contributed by atoms with Gasteiger partial charge in [0.25, 0.3) is 5.91 Å². The SMILES string of the molecule is Cc1c(C(=O)NCCNc2ncccc2C#N)nnn1-c1cccc(Br)c1. The molecule has 0 aliphatic rings. The Morgan fingerprint density at radius 2 is 2.15 bits per heavy atom. The van der Waals surface area contributed by atoms with Crippen LogP contribution in [0.2, 0.25) is 0 Å². The van der Waals surface area contributed by atoms with E-state index in [-0.39, 0.29) is 11.6 Å². The second kappa shape index (κ2) is 8.42. The Morgan fingerprint density at radius 3 is 2.93 bits per heavy atom. The van der Waals surface area contributed by atoms with E-state index in [2.05, 4.69) is 47.9 Å². The molecule has 2 aromatic heterocycles. The monoisotopic (exact) mass is 425 g/mol. The Labute approximate surface area is 164 Å². The van der Waals surface area contributed by atoms with Crippen LogP contribution in [0.4, 0.5) is 5.82 Å². The Bertz CT molecular complexity index is 1010. The number of aromatic nitrogens is 4. The van der Waals surface area contributed by atoms with Crippen molar-refractivity contribution in [2.45, 2.75) is 6.92 Å². The molecule has 0 unspecified atom stereocenters. The number of amides is 1. The number of pyridine rings is 1. The average Bonchev–Trinajstić information content (AvgIpc) is 3.07. The Morgan fingerprint density at radius 1 is 1.30 bits per heavy atom. The quantitative estimate of drug-likeness (QED) is 0.587. The summed E-state index contributed by atoms with van der Waals surface area (Å²) in [4.78, 5) is 16.5. The third-order valence-electron chi connectivity index (χ3n) is 3.79. The molecule has 0 aliphatic heterocycles. The van der Waals surface area contributed by atoms with Crippen LogP contribution in [0.5, 0.6) is 0 Å². The number of hydrogen-bond acceptors (Lipinski definition) is 6. The Kier molecular flexibility index (Phi) is 5.78. The van der Waals surface area contributed by atoms with E-state index in [0.29, 0.717) is 30.2 Å². The number of nitrogens with one attached hydrogen (secondary N) is 2. The molecule has 0 fully saturated rings. The number of rotatable bonds is 6. The van der Waals surface area contributed by atoms with E-state index in [1.165, 1.54) is 0 Å². The smallest absolute Gasteiger partial charge is 0.273 e. The topological polar surface area (TPSA) is 109 Å². The number of hydrogen-bond donors (Lipinski definition) is 2. The molecule has 0 saturated heterocycles. The van der Waals surface area contributed by atoms with Gasteiger partial charge in [-0.25, -0.2) is 9.67 Å². The maximum atomic E-state index is 12.4. The van der Waals surface area contributed by atoms with Gasteiger partial charge in [0.1, 0.15) is 11.9 Å². The maximum absolute atomic E-state index is 12.4. The highest BCUT2D eigenvalue weighted by Crippen LogP contribution is 2.17. The van der Waals surface area contributed by atoms with Crippen molar-refractivity contribution >= 4 is 27.7 Å². The number of halogens is 1. The summed E-state index contributed by atoms with van der Waals surface area (Å²) >= 11 is 3.42. The van der Waals surface area contributed by atoms with Gasteiger partial charge in [-0.05, 0) is 37.3 Å². The van der Waals surface area contributed by atoms with Gasteiger partial charge in [-0.1, -0.05) is 27.2 Å². The molecule has 2 heterocycles. The highest BCUT2D eigenvalue weighted by Gasteiger charge is 2.17. The van der Waals surface area contributed by atoms with E-state index >= 15 is 0 Å². The first kappa shape index (κ1) is 18.5. The number of carbonyl (C=O) groups excluding carboxylic acids is 1.